The second kappa shape index (κ2) is 5.90. The first-order chi connectivity index (χ1) is 7.36. The highest BCUT2D eigenvalue weighted by molar-refractivity contribution is 6.34. The maximum atomic E-state index is 6.06. The van der Waals surface area contributed by atoms with Gasteiger partial charge in [-0.2, -0.15) is 0 Å². The van der Waals surface area contributed by atoms with Crippen molar-refractivity contribution in [1.82, 2.24) is 3.94 Å². The SMILES string of the molecule is C[N+](C)(C)CCCC1(N(Cl)Cl)CCCCC1. The van der Waals surface area contributed by atoms with E-state index in [9.17, 15) is 0 Å². The lowest BCUT2D eigenvalue weighted by molar-refractivity contribution is -0.870. The van der Waals surface area contributed by atoms with E-state index >= 15 is 0 Å². The lowest BCUT2D eigenvalue weighted by Gasteiger charge is -2.39. The van der Waals surface area contributed by atoms with E-state index < -0.39 is 0 Å². The minimum absolute atomic E-state index is 0.0521. The molecule has 0 unspecified atom stereocenters. The molecule has 1 aliphatic carbocycles. The van der Waals surface area contributed by atoms with Crippen molar-refractivity contribution in [3.63, 3.8) is 0 Å². The number of hydrogen-bond acceptors (Lipinski definition) is 1. The zero-order valence-corrected chi connectivity index (χ0v) is 12.3. The molecule has 4 heteroatoms. The number of nitrogens with zero attached hydrogens (tertiary/aromatic N) is 2. The third-order valence-corrected chi connectivity index (χ3v) is 4.33. The minimum Gasteiger partial charge on any atom is -0.331 e. The van der Waals surface area contributed by atoms with Crippen molar-refractivity contribution in [2.24, 2.45) is 0 Å². The zero-order chi connectivity index (χ0) is 12.2. The molecule has 2 nitrogen and oxygen atoms in total. The summed E-state index contributed by atoms with van der Waals surface area (Å²) in [4.78, 5) is 0. The highest BCUT2D eigenvalue weighted by Gasteiger charge is 2.37. The fraction of sp³-hybridized carbons (Fsp3) is 1.00. The molecule has 0 heterocycles. The molecule has 0 aromatic carbocycles. The summed E-state index contributed by atoms with van der Waals surface area (Å²) in [5, 5.41) is 0. The molecule has 0 aromatic heterocycles. The topological polar surface area (TPSA) is 3.24 Å². The summed E-state index contributed by atoms with van der Waals surface area (Å²) in [6.07, 6.45) is 8.47. The highest BCUT2D eigenvalue weighted by atomic mass is 35.5. The van der Waals surface area contributed by atoms with Crippen LogP contribution in [0.2, 0.25) is 0 Å². The van der Waals surface area contributed by atoms with Gasteiger partial charge in [0, 0.05) is 0 Å². The van der Waals surface area contributed by atoms with Crippen molar-refractivity contribution >= 4 is 23.6 Å². The molecule has 0 saturated heterocycles. The lowest BCUT2D eigenvalue weighted by atomic mass is 9.79. The standard InChI is InChI=1S/C12H25Cl2N2/c1-16(2,3)11-7-10-12(15(13)14)8-5-4-6-9-12/h4-11H2,1-3H3/q+1. The van der Waals surface area contributed by atoms with Gasteiger partial charge in [-0.15, -0.1) is 3.94 Å². The first-order valence-corrected chi connectivity index (χ1v) is 6.96. The van der Waals surface area contributed by atoms with Crippen molar-refractivity contribution in [1.29, 1.82) is 0 Å². The predicted octanol–water partition coefficient (Wildman–Crippen LogP) is 3.79. The van der Waals surface area contributed by atoms with E-state index in [1.807, 2.05) is 0 Å². The molecule has 0 amide bonds. The van der Waals surface area contributed by atoms with Crippen molar-refractivity contribution in [3.05, 3.63) is 0 Å². The molecule has 16 heavy (non-hydrogen) atoms. The van der Waals surface area contributed by atoms with Gasteiger partial charge in [0.2, 0.25) is 0 Å². The van der Waals surface area contributed by atoms with Crippen LogP contribution in [-0.4, -0.2) is 41.6 Å². The third-order valence-electron chi connectivity index (χ3n) is 3.61. The van der Waals surface area contributed by atoms with Gasteiger partial charge >= 0.3 is 0 Å². The Morgan fingerprint density at radius 3 is 2.06 bits per heavy atom. The molecule has 96 valence electrons. The Labute approximate surface area is 110 Å². The van der Waals surface area contributed by atoms with E-state index in [2.05, 4.69) is 21.1 Å². The monoisotopic (exact) mass is 267 g/mol. The van der Waals surface area contributed by atoms with Gasteiger partial charge in [0.05, 0.1) is 33.2 Å². The van der Waals surface area contributed by atoms with E-state index in [4.69, 9.17) is 23.6 Å². The number of rotatable bonds is 5. The van der Waals surface area contributed by atoms with Crippen molar-refractivity contribution in [2.45, 2.75) is 50.5 Å². The van der Waals surface area contributed by atoms with Crippen LogP contribution in [0.3, 0.4) is 0 Å². The van der Waals surface area contributed by atoms with Crippen LogP contribution >= 0.6 is 23.6 Å². The number of quaternary nitrogens is 1. The minimum atomic E-state index is 0.0521. The molecular formula is C12H25Cl2N2+. The average Bonchev–Trinajstić information content (AvgIpc) is 2.17. The van der Waals surface area contributed by atoms with Crippen molar-refractivity contribution in [3.8, 4) is 0 Å². The molecule has 0 radical (unpaired) electrons. The van der Waals surface area contributed by atoms with Crippen LogP contribution in [0, 0.1) is 0 Å². The van der Waals surface area contributed by atoms with Crippen LogP contribution in [0.1, 0.15) is 44.9 Å². The van der Waals surface area contributed by atoms with Crippen LogP contribution in [0.15, 0.2) is 0 Å². The number of hydrogen-bond donors (Lipinski definition) is 0. The summed E-state index contributed by atoms with van der Waals surface area (Å²) < 4.78 is 2.46. The van der Waals surface area contributed by atoms with Crippen LogP contribution in [0.4, 0.5) is 0 Å². The van der Waals surface area contributed by atoms with Crippen LogP contribution in [0.5, 0.6) is 0 Å². The Balaban J connectivity index is 2.45. The maximum Gasteiger partial charge on any atom is 0.0781 e. The fourth-order valence-electron chi connectivity index (χ4n) is 2.60. The summed E-state index contributed by atoms with van der Waals surface area (Å²) in [7, 11) is 6.69. The maximum absolute atomic E-state index is 6.06. The van der Waals surface area contributed by atoms with Crippen LogP contribution < -0.4 is 0 Å². The normalized spacial score (nSPS) is 21.4. The summed E-state index contributed by atoms with van der Waals surface area (Å²) in [5.74, 6) is 0. The van der Waals surface area contributed by atoms with Gasteiger partial charge in [-0.3, -0.25) is 0 Å². The molecule has 0 aliphatic heterocycles. The molecular weight excluding hydrogens is 243 g/mol. The lowest BCUT2D eigenvalue weighted by Crippen LogP contribution is -2.42. The summed E-state index contributed by atoms with van der Waals surface area (Å²) in [6.45, 7) is 1.18. The van der Waals surface area contributed by atoms with E-state index in [0.29, 0.717) is 0 Å². The first kappa shape index (κ1) is 14.6. The molecule has 0 N–H and O–H groups in total. The molecule has 1 rings (SSSR count). The molecule has 1 aliphatic rings. The first-order valence-electron chi connectivity index (χ1n) is 6.28. The smallest absolute Gasteiger partial charge is 0.0781 e. The molecule has 1 fully saturated rings. The van der Waals surface area contributed by atoms with Gasteiger partial charge in [-0.25, -0.2) is 0 Å². The fourth-order valence-corrected chi connectivity index (χ4v) is 3.10. The zero-order valence-electron chi connectivity index (χ0n) is 10.8. The van der Waals surface area contributed by atoms with Gasteiger partial charge < -0.3 is 4.48 Å². The summed E-state index contributed by atoms with van der Waals surface area (Å²) in [6, 6.07) is 0. The quantitative estimate of drug-likeness (QED) is 0.541. The van der Waals surface area contributed by atoms with Crippen molar-refractivity contribution in [2.75, 3.05) is 27.7 Å². The predicted molar refractivity (Wildman–Crippen MR) is 71.5 cm³/mol. The number of halogens is 2. The van der Waals surface area contributed by atoms with Gasteiger partial charge in [-0.1, -0.05) is 19.3 Å². The second-order valence-electron chi connectivity index (χ2n) is 6.14. The molecule has 1 saturated carbocycles. The van der Waals surface area contributed by atoms with Gasteiger partial charge in [0.15, 0.2) is 0 Å². The third kappa shape index (κ3) is 4.40. The Bertz CT molecular complexity index is 206. The Morgan fingerprint density at radius 2 is 1.62 bits per heavy atom. The Hall–Kier alpha value is 0.500. The molecule has 0 spiro atoms. The van der Waals surface area contributed by atoms with E-state index in [1.54, 1.807) is 0 Å². The van der Waals surface area contributed by atoms with Crippen LogP contribution in [0.25, 0.3) is 0 Å². The Morgan fingerprint density at radius 1 is 1.06 bits per heavy atom. The van der Waals surface area contributed by atoms with Crippen molar-refractivity contribution < 1.29 is 4.48 Å². The van der Waals surface area contributed by atoms with E-state index in [1.165, 1.54) is 36.2 Å². The second-order valence-corrected chi connectivity index (χ2v) is 6.98. The summed E-state index contributed by atoms with van der Waals surface area (Å²) >= 11 is 12.1. The largest absolute Gasteiger partial charge is 0.331 e. The van der Waals surface area contributed by atoms with Crippen LogP contribution in [-0.2, 0) is 0 Å². The summed E-state index contributed by atoms with van der Waals surface area (Å²) in [5.41, 5.74) is 0.0521. The van der Waals surface area contributed by atoms with Gasteiger partial charge in [0.1, 0.15) is 0 Å². The Kier molecular flexibility index (Phi) is 5.37. The molecule has 0 atom stereocenters. The van der Waals surface area contributed by atoms with E-state index in [-0.39, 0.29) is 5.54 Å². The molecule has 0 aromatic rings. The average molecular weight is 268 g/mol. The van der Waals surface area contributed by atoms with E-state index in [0.717, 1.165) is 23.7 Å². The molecule has 0 bridgehead atoms. The highest BCUT2D eigenvalue weighted by Crippen LogP contribution is 2.39. The van der Waals surface area contributed by atoms with Gasteiger partial charge in [0.25, 0.3) is 0 Å². The van der Waals surface area contributed by atoms with Gasteiger partial charge in [-0.05, 0) is 49.2 Å².